The lowest BCUT2D eigenvalue weighted by Gasteiger charge is -2.11. The first kappa shape index (κ1) is 11.4. The van der Waals surface area contributed by atoms with Crippen LogP contribution >= 0.6 is 0 Å². The molecular formula is C10H6F4O. The van der Waals surface area contributed by atoms with E-state index in [1.807, 2.05) is 0 Å². The van der Waals surface area contributed by atoms with Gasteiger partial charge in [-0.1, -0.05) is 18.2 Å². The Hall–Kier alpha value is -1.65. The molecule has 0 aliphatic carbocycles. The summed E-state index contributed by atoms with van der Waals surface area (Å²) in [7, 11) is 0. The average molecular weight is 218 g/mol. The molecule has 0 unspecified atom stereocenters. The van der Waals surface area contributed by atoms with E-state index in [4.69, 9.17) is 0 Å². The van der Waals surface area contributed by atoms with Crippen molar-refractivity contribution >= 4 is 11.9 Å². The van der Waals surface area contributed by atoms with Crippen molar-refractivity contribution in [2.75, 3.05) is 0 Å². The second-order valence-electron chi connectivity index (χ2n) is 2.69. The molecule has 0 bridgehead atoms. The van der Waals surface area contributed by atoms with Crippen LogP contribution in [0, 0.1) is 5.82 Å². The Morgan fingerprint density at radius 3 is 2.27 bits per heavy atom. The third kappa shape index (κ3) is 2.65. The van der Waals surface area contributed by atoms with Crippen LogP contribution in [0.15, 0.2) is 30.3 Å². The number of allylic oxidation sites excluding steroid dienone is 2. The minimum absolute atomic E-state index is 0.0186. The van der Waals surface area contributed by atoms with Crippen LogP contribution < -0.4 is 0 Å². The van der Waals surface area contributed by atoms with E-state index in [0.29, 0.717) is 6.08 Å². The fourth-order valence-electron chi connectivity index (χ4n) is 1.08. The molecule has 0 N–H and O–H groups in total. The van der Waals surface area contributed by atoms with Crippen LogP contribution in [0.3, 0.4) is 0 Å². The van der Waals surface area contributed by atoms with Gasteiger partial charge in [0.25, 0.3) is 0 Å². The van der Waals surface area contributed by atoms with E-state index in [2.05, 4.69) is 0 Å². The summed E-state index contributed by atoms with van der Waals surface area (Å²) in [6, 6.07) is 4.41. The Labute approximate surface area is 83.0 Å². The van der Waals surface area contributed by atoms with Gasteiger partial charge >= 0.3 is 6.18 Å². The summed E-state index contributed by atoms with van der Waals surface area (Å²) in [5.41, 5.74) is -1.91. The summed E-state index contributed by atoms with van der Waals surface area (Å²) in [4.78, 5) is 10.0. The zero-order chi connectivity index (χ0) is 11.5. The zero-order valence-electron chi connectivity index (χ0n) is 7.38. The highest BCUT2D eigenvalue weighted by atomic mass is 19.4. The van der Waals surface area contributed by atoms with Gasteiger partial charge in [-0.05, 0) is 12.1 Å². The van der Waals surface area contributed by atoms with Crippen LogP contribution in [0.5, 0.6) is 0 Å². The summed E-state index contributed by atoms with van der Waals surface area (Å²) in [6.07, 6.45) is -4.46. The first-order valence-corrected chi connectivity index (χ1v) is 3.94. The van der Waals surface area contributed by atoms with Crippen LogP contribution in [-0.4, -0.2) is 12.5 Å². The molecule has 0 heterocycles. The molecule has 0 fully saturated rings. The first-order chi connectivity index (χ1) is 6.96. The quantitative estimate of drug-likeness (QED) is 0.423. The minimum Gasteiger partial charge on any atom is -0.299 e. The summed E-state index contributed by atoms with van der Waals surface area (Å²) >= 11 is 0. The maximum Gasteiger partial charge on any atom is 0.417 e. The lowest BCUT2D eigenvalue weighted by molar-refractivity contribution is -0.104. The number of rotatable bonds is 2. The van der Waals surface area contributed by atoms with E-state index in [9.17, 15) is 22.4 Å². The molecule has 5 heteroatoms. The van der Waals surface area contributed by atoms with Crippen LogP contribution in [-0.2, 0) is 4.79 Å². The Morgan fingerprint density at radius 1 is 1.20 bits per heavy atom. The van der Waals surface area contributed by atoms with Crippen molar-refractivity contribution in [2.24, 2.45) is 0 Å². The second kappa shape index (κ2) is 4.25. The van der Waals surface area contributed by atoms with Crippen molar-refractivity contribution in [1.29, 1.82) is 0 Å². The third-order valence-corrected chi connectivity index (χ3v) is 1.70. The fraction of sp³-hybridized carbons (Fsp3) is 0.100. The normalized spacial score (nSPS) is 12.7. The summed E-state index contributed by atoms with van der Waals surface area (Å²) in [5, 5.41) is 0. The van der Waals surface area contributed by atoms with Crippen LogP contribution in [0.4, 0.5) is 17.6 Å². The summed E-state index contributed by atoms with van der Waals surface area (Å²) < 4.78 is 50.2. The van der Waals surface area contributed by atoms with Gasteiger partial charge in [-0.2, -0.15) is 13.2 Å². The standard InChI is InChI=1S/C10H6F4O/c11-9-4-2-1-3-7(9)8(5-6-15)10(12,13)14/h1-6H/b8-5+. The molecular weight excluding hydrogens is 212 g/mol. The van der Waals surface area contributed by atoms with Crippen LogP contribution in [0.2, 0.25) is 0 Å². The van der Waals surface area contributed by atoms with Gasteiger partial charge in [0, 0.05) is 5.56 Å². The topological polar surface area (TPSA) is 17.1 Å². The molecule has 1 rings (SSSR count). The predicted molar refractivity (Wildman–Crippen MR) is 46.5 cm³/mol. The second-order valence-corrected chi connectivity index (χ2v) is 2.69. The molecule has 0 saturated carbocycles. The lowest BCUT2D eigenvalue weighted by atomic mass is 10.0. The van der Waals surface area contributed by atoms with Gasteiger partial charge in [-0.15, -0.1) is 0 Å². The number of halogens is 4. The molecule has 0 aliphatic heterocycles. The molecule has 0 aromatic heterocycles. The van der Waals surface area contributed by atoms with Crippen LogP contribution in [0.1, 0.15) is 5.56 Å². The van der Waals surface area contributed by atoms with E-state index >= 15 is 0 Å². The molecule has 80 valence electrons. The maximum absolute atomic E-state index is 13.0. The van der Waals surface area contributed by atoms with E-state index in [1.54, 1.807) is 0 Å². The average Bonchev–Trinajstić information content (AvgIpc) is 2.14. The van der Waals surface area contributed by atoms with E-state index in [1.165, 1.54) is 12.1 Å². The van der Waals surface area contributed by atoms with Gasteiger partial charge in [0.2, 0.25) is 0 Å². The van der Waals surface area contributed by atoms with Gasteiger partial charge in [-0.25, -0.2) is 4.39 Å². The Bertz CT molecular complexity index is 393. The molecule has 0 saturated heterocycles. The van der Waals surface area contributed by atoms with Crippen molar-refractivity contribution in [1.82, 2.24) is 0 Å². The van der Waals surface area contributed by atoms with Crippen molar-refractivity contribution in [2.45, 2.75) is 6.18 Å². The number of aldehydes is 1. The smallest absolute Gasteiger partial charge is 0.299 e. The largest absolute Gasteiger partial charge is 0.417 e. The number of carbonyl (C=O) groups excluding carboxylic acids is 1. The molecule has 0 radical (unpaired) electrons. The Morgan fingerprint density at radius 2 is 1.80 bits per heavy atom. The van der Waals surface area contributed by atoms with Crippen molar-refractivity contribution < 1.29 is 22.4 Å². The van der Waals surface area contributed by atoms with E-state index < -0.39 is 23.1 Å². The maximum atomic E-state index is 13.0. The molecule has 1 nitrogen and oxygen atoms in total. The Kier molecular flexibility index (Phi) is 3.24. The zero-order valence-corrected chi connectivity index (χ0v) is 7.38. The first-order valence-electron chi connectivity index (χ1n) is 3.94. The Balaban J connectivity index is 3.29. The highest BCUT2D eigenvalue weighted by Crippen LogP contribution is 2.34. The van der Waals surface area contributed by atoms with Gasteiger partial charge in [0.15, 0.2) is 0 Å². The van der Waals surface area contributed by atoms with Gasteiger partial charge in [0.1, 0.15) is 12.1 Å². The van der Waals surface area contributed by atoms with Gasteiger partial charge in [0.05, 0.1) is 5.57 Å². The molecule has 0 atom stereocenters. The minimum atomic E-state index is -4.75. The highest BCUT2D eigenvalue weighted by Gasteiger charge is 2.35. The van der Waals surface area contributed by atoms with E-state index in [0.717, 1.165) is 12.1 Å². The number of hydrogen-bond acceptors (Lipinski definition) is 1. The van der Waals surface area contributed by atoms with Crippen LogP contribution in [0.25, 0.3) is 5.57 Å². The fourth-order valence-corrected chi connectivity index (χ4v) is 1.08. The molecule has 0 spiro atoms. The number of hydrogen-bond donors (Lipinski definition) is 0. The number of alkyl halides is 3. The third-order valence-electron chi connectivity index (χ3n) is 1.70. The number of benzene rings is 1. The molecule has 1 aromatic rings. The van der Waals surface area contributed by atoms with E-state index in [-0.39, 0.29) is 6.29 Å². The SMILES string of the molecule is O=C/C=C(\c1ccccc1F)C(F)(F)F. The monoisotopic (exact) mass is 218 g/mol. The molecule has 0 amide bonds. The highest BCUT2D eigenvalue weighted by molar-refractivity contribution is 5.83. The molecule has 15 heavy (non-hydrogen) atoms. The van der Waals surface area contributed by atoms with Crippen molar-refractivity contribution in [3.63, 3.8) is 0 Å². The van der Waals surface area contributed by atoms with Crippen molar-refractivity contribution in [3.05, 3.63) is 41.7 Å². The lowest BCUT2D eigenvalue weighted by Crippen LogP contribution is -2.12. The predicted octanol–water partition coefficient (Wildman–Crippen LogP) is 2.97. The number of carbonyl (C=O) groups is 1. The molecule has 0 aliphatic rings. The summed E-state index contributed by atoms with van der Waals surface area (Å²) in [5.74, 6) is -1.01. The van der Waals surface area contributed by atoms with Gasteiger partial charge < -0.3 is 0 Å². The van der Waals surface area contributed by atoms with Crippen molar-refractivity contribution in [3.8, 4) is 0 Å². The summed E-state index contributed by atoms with van der Waals surface area (Å²) in [6.45, 7) is 0. The van der Waals surface area contributed by atoms with Gasteiger partial charge in [-0.3, -0.25) is 4.79 Å². The molecule has 1 aromatic carbocycles.